The molecule has 5 heteroatoms. The summed E-state index contributed by atoms with van der Waals surface area (Å²) < 4.78 is 0. The number of benzene rings is 2. The molecule has 0 radical (unpaired) electrons. The fourth-order valence-corrected chi connectivity index (χ4v) is 2.14. The maximum absolute atomic E-state index is 12.3. The number of nitrogens with one attached hydrogen (secondary N) is 2. The first-order valence-electron chi connectivity index (χ1n) is 7.29. The second-order valence-corrected chi connectivity index (χ2v) is 5.16. The second kappa shape index (κ2) is 7.89. The molecular formula is C18H18N2O3. The average molecular weight is 310 g/mol. The van der Waals surface area contributed by atoms with E-state index >= 15 is 0 Å². The van der Waals surface area contributed by atoms with Crippen LogP contribution in [-0.2, 0) is 16.0 Å². The van der Waals surface area contributed by atoms with E-state index in [2.05, 4.69) is 10.6 Å². The van der Waals surface area contributed by atoms with E-state index in [1.165, 1.54) is 0 Å². The normalized spacial score (nSPS) is 9.96. The molecule has 2 N–H and O–H groups in total. The highest BCUT2D eigenvalue weighted by molar-refractivity contribution is 6.08. The predicted octanol–water partition coefficient (Wildman–Crippen LogP) is 3.03. The summed E-state index contributed by atoms with van der Waals surface area (Å²) in [7, 11) is 0. The molecule has 2 amide bonds. The van der Waals surface area contributed by atoms with Crippen LogP contribution >= 0.6 is 0 Å². The van der Waals surface area contributed by atoms with Gasteiger partial charge < -0.3 is 15.4 Å². The zero-order chi connectivity index (χ0) is 16.7. The fraction of sp³-hybridized carbons (Fsp3) is 0.167. The Bertz CT molecular complexity index is 708. The van der Waals surface area contributed by atoms with Gasteiger partial charge >= 0.3 is 0 Å². The lowest BCUT2D eigenvalue weighted by atomic mass is 10.1. The molecule has 0 bridgehead atoms. The van der Waals surface area contributed by atoms with E-state index in [1.807, 2.05) is 12.1 Å². The van der Waals surface area contributed by atoms with Crippen molar-refractivity contribution >= 4 is 29.5 Å². The number of Topliss-reactive ketones (excluding diaryl/α,β-unsaturated/α-hetero) is 1. The summed E-state index contributed by atoms with van der Waals surface area (Å²) in [6.45, 7) is 1.57. The maximum atomic E-state index is 12.3. The van der Waals surface area contributed by atoms with Gasteiger partial charge in [-0.2, -0.15) is 0 Å². The van der Waals surface area contributed by atoms with Crippen molar-refractivity contribution in [3.05, 3.63) is 59.7 Å². The summed E-state index contributed by atoms with van der Waals surface area (Å²) >= 11 is 0. The molecule has 23 heavy (non-hydrogen) atoms. The molecule has 2 aromatic rings. The molecular weight excluding hydrogens is 292 g/mol. The first-order chi connectivity index (χ1) is 11.1. The number of hydrogen-bond donors (Lipinski definition) is 2. The number of hydrogen-bond acceptors (Lipinski definition) is 3. The molecule has 2 rings (SSSR count). The summed E-state index contributed by atoms with van der Waals surface area (Å²) in [5, 5.41) is 5.29. The predicted molar refractivity (Wildman–Crippen MR) is 89.5 cm³/mol. The van der Waals surface area contributed by atoms with E-state index < -0.39 is 0 Å². The third kappa shape index (κ3) is 4.78. The van der Waals surface area contributed by atoms with Gasteiger partial charge in [0.25, 0.3) is 5.91 Å². The van der Waals surface area contributed by atoms with E-state index in [-0.39, 0.29) is 11.7 Å². The van der Waals surface area contributed by atoms with Crippen molar-refractivity contribution in [2.24, 2.45) is 0 Å². The molecule has 0 fully saturated rings. The number of aryl methyl sites for hydroxylation is 1. The van der Waals surface area contributed by atoms with Crippen molar-refractivity contribution in [1.82, 2.24) is 0 Å². The van der Waals surface area contributed by atoms with Crippen LogP contribution in [0, 0.1) is 0 Å². The molecule has 0 atom stereocenters. The topological polar surface area (TPSA) is 75.3 Å². The quantitative estimate of drug-likeness (QED) is 0.772. The molecule has 118 valence electrons. The lowest BCUT2D eigenvalue weighted by Crippen LogP contribution is -2.14. The molecule has 0 aliphatic carbocycles. The van der Waals surface area contributed by atoms with E-state index in [4.69, 9.17) is 0 Å². The van der Waals surface area contributed by atoms with Crippen LogP contribution in [0.4, 0.5) is 11.4 Å². The zero-order valence-electron chi connectivity index (χ0n) is 12.8. The van der Waals surface area contributed by atoms with Crippen molar-refractivity contribution in [3.63, 3.8) is 0 Å². The molecule has 0 unspecified atom stereocenters. The monoisotopic (exact) mass is 310 g/mol. The summed E-state index contributed by atoms with van der Waals surface area (Å²) in [5.74, 6) is -0.145. The zero-order valence-corrected chi connectivity index (χ0v) is 12.8. The van der Waals surface area contributed by atoms with Gasteiger partial charge in [-0.25, -0.2) is 0 Å². The van der Waals surface area contributed by atoms with Crippen molar-refractivity contribution in [2.75, 3.05) is 10.6 Å². The molecule has 0 saturated carbocycles. The smallest absolute Gasteiger partial charge is 0.257 e. The highest BCUT2D eigenvalue weighted by Crippen LogP contribution is 2.17. The third-order valence-electron chi connectivity index (χ3n) is 3.36. The number of amides is 2. The van der Waals surface area contributed by atoms with Crippen LogP contribution in [0.2, 0.25) is 0 Å². The van der Waals surface area contributed by atoms with Gasteiger partial charge in [-0.15, -0.1) is 0 Å². The Morgan fingerprint density at radius 2 is 1.74 bits per heavy atom. The van der Waals surface area contributed by atoms with Gasteiger partial charge in [-0.1, -0.05) is 24.3 Å². The van der Waals surface area contributed by atoms with Crippen LogP contribution in [-0.4, -0.2) is 18.1 Å². The molecule has 0 heterocycles. The van der Waals surface area contributed by atoms with E-state index in [0.717, 1.165) is 5.56 Å². The van der Waals surface area contributed by atoms with Gasteiger partial charge in [0.05, 0.1) is 11.3 Å². The van der Waals surface area contributed by atoms with Crippen LogP contribution < -0.4 is 10.6 Å². The Balaban J connectivity index is 2.05. The number of carbonyl (C=O) groups excluding carboxylic acids is 3. The van der Waals surface area contributed by atoms with Crippen LogP contribution in [0.25, 0.3) is 0 Å². The highest BCUT2D eigenvalue weighted by Gasteiger charge is 2.10. The lowest BCUT2D eigenvalue weighted by molar-refractivity contribution is -0.117. The van der Waals surface area contributed by atoms with Crippen molar-refractivity contribution in [1.29, 1.82) is 0 Å². The number of anilines is 2. The third-order valence-corrected chi connectivity index (χ3v) is 3.36. The van der Waals surface area contributed by atoms with Crippen molar-refractivity contribution in [3.8, 4) is 0 Å². The van der Waals surface area contributed by atoms with Gasteiger partial charge in [0, 0.05) is 12.1 Å². The average Bonchev–Trinajstić information content (AvgIpc) is 2.55. The summed E-state index contributed by atoms with van der Waals surface area (Å²) in [5.41, 5.74) is 2.54. The molecule has 5 nitrogen and oxygen atoms in total. The Labute approximate surface area is 134 Å². The first kappa shape index (κ1) is 16.4. The maximum Gasteiger partial charge on any atom is 0.257 e. The Kier molecular flexibility index (Phi) is 5.63. The first-order valence-corrected chi connectivity index (χ1v) is 7.29. The molecule has 2 aromatic carbocycles. The Morgan fingerprint density at radius 3 is 2.39 bits per heavy atom. The van der Waals surface area contributed by atoms with Gasteiger partial charge in [-0.3, -0.25) is 9.59 Å². The highest BCUT2D eigenvalue weighted by atomic mass is 16.2. The molecule has 0 aliphatic heterocycles. The minimum absolute atomic E-state index is 0.154. The number of para-hydroxylation sites is 1. The van der Waals surface area contributed by atoms with E-state index in [0.29, 0.717) is 36.2 Å². The van der Waals surface area contributed by atoms with Gasteiger partial charge in [0.2, 0.25) is 6.41 Å². The minimum atomic E-state index is -0.300. The minimum Gasteiger partial charge on any atom is -0.328 e. The molecule has 0 spiro atoms. The van der Waals surface area contributed by atoms with Gasteiger partial charge in [0.1, 0.15) is 5.78 Å². The molecule has 0 saturated heterocycles. The number of ketones is 1. The Hall–Kier alpha value is -2.95. The largest absolute Gasteiger partial charge is 0.328 e. The molecule has 0 aromatic heterocycles. The SMILES string of the molecule is CC(=O)CCc1ccc(NC(=O)c2ccccc2NC=O)cc1. The van der Waals surface area contributed by atoms with Crippen LogP contribution in [0.1, 0.15) is 29.3 Å². The van der Waals surface area contributed by atoms with E-state index in [1.54, 1.807) is 43.3 Å². The Morgan fingerprint density at radius 1 is 1.04 bits per heavy atom. The van der Waals surface area contributed by atoms with Gasteiger partial charge in [0.15, 0.2) is 0 Å². The number of carbonyl (C=O) groups is 3. The summed E-state index contributed by atoms with van der Waals surface area (Å²) in [4.78, 5) is 33.9. The summed E-state index contributed by atoms with van der Waals surface area (Å²) in [6, 6.07) is 14.1. The van der Waals surface area contributed by atoms with Crippen LogP contribution in [0.5, 0.6) is 0 Å². The lowest BCUT2D eigenvalue weighted by Gasteiger charge is -2.09. The van der Waals surface area contributed by atoms with Crippen LogP contribution in [0.3, 0.4) is 0 Å². The van der Waals surface area contributed by atoms with Crippen molar-refractivity contribution < 1.29 is 14.4 Å². The van der Waals surface area contributed by atoms with Crippen LogP contribution in [0.15, 0.2) is 48.5 Å². The summed E-state index contributed by atoms with van der Waals surface area (Å²) in [6.07, 6.45) is 1.74. The standard InChI is InChI=1S/C18H18N2O3/c1-13(22)6-7-14-8-10-15(11-9-14)20-18(23)16-4-2-3-5-17(16)19-12-21/h2-5,8-12H,6-7H2,1H3,(H,19,21)(H,20,23). The second-order valence-electron chi connectivity index (χ2n) is 5.16. The number of rotatable bonds is 7. The fourth-order valence-electron chi connectivity index (χ4n) is 2.14. The van der Waals surface area contributed by atoms with Gasteiger partial charge in [-0.05, 0) is 43.2 Å². The van der Waals surface area contributed by atoms with E-state index in [9.17, 15) is 14.4 Å². The van der Waals surface area contributed by atoms with Crippen molar-refractivity contribution in [2.45, 2.75) is 19.8 Å². The molecule has 0 aliphatic rings.